The highest BCUT2D eigenvalue weighted by atomic mass is 35.5. The number of benzene rings is 3. The summed E-state index contributed by atoms with van der Waals surface area (Å²) in [6.07, 6.45) is 0. The van der Waals surface area contributed by atoms with Crippen LogP contribution in [0.5, 0.6) is 0 Å². The molecule has 0 aliphatic heterocycles. The number of hydrogen-bond donors (Lipinski definition) is 0. The fourth-order valence-electron chi connectivity index (χ4n) is 2.87. The second-order valence-electron chi connectivity index (χ2n) is 6.20. The summed E-state index contributed by atoms with van der Waals surface area (Å²) in [6, 6.07) is 23.9. The van der Waals surface area contributed by atoms with Gasteiger partial charge < -0.3 is 0 Å². The predicted octanol–water partition coefficient (Wildman–Crippen LogP) is 5.79. The van der Waals surface area contributed by atoms with Gasteiger partial charge >= 0.3 is 0 Å². The van der Waals surface area contributed by atoms with Gasteiger partial charge in [-0.3, -0.25) is 14.7 Å². The summed E-state index contributed by atoms with van der Waals surface area (Å²) in [5.74, 6) is 1.24. The lowest BCUT2D eigenvalue weighted by atomic mass is 10.2. The van der Waals surface area contributed by atoms with E-state index in [2.05, 4.69) is 10.2 Å². The Bertz CT molecular complexity index is 1150. The molecule has 1 heterocycles. The number of para-hydroxylation sites is 1. The highest BCUT2D eigenvalue weighted by Crippen LogP contribution is 2.30. The highest BCUT2D eigenvalue weighted by Gasteiger charge is 2.16. The maximum atomic E-state index is 11.0. The quantitative estimate of drug-likeness (QED) is 0.223. The first-order valence-corrected chi connectivity index (χ1v) is 10.1. The van der Waals surface area contributed by atoms with Crippen LogP contribution in [0.3, 0.4) is 0 Å². The Kier molecular flexibility index (Phi) is 5.59. The van der Waals surface area contributed by atoms with E-state index in [9.17, 15) is 10.1 Å². The molecule has 0 N–H and O–H groups in total. The third-order valence-corrected chi connectivity index (χ3v) is 5.49. The van der Waals surface area contributed by atoms with Crippen molar-refractivity contribution in [3.8, 4) is 17.1 Å². The van der Waals surface area contributed by atoms with E-state index < -0.39 is 0 Å². The summed E-state index contributed by atoms with van der Waals surface area (Å²) in [6.45, 7) is 0. The number of halogens is 1. The van der Waals surface area contributed by atoms with E-state index in [4.69, 9.17) is 11.6 Å². The van der Waals surface area contributed by atoms with E-state index in [1.54, 1.807) is 12.1 Å². The van der Waals surface area contributed by atoms with Crippen molar-refractivity contribution in [1.82, 2.24) is 14.8 Å². The largest absolute Gasteiger partial charge is 0.270 e. The Hall–Kier alpha value is -3.16. The lowest BCUT2D eigenvalue weighted by Crippen LogP contribution is -1.99. The minimum absolute atomic E-state index is 0.0782. The molecule has 0 bridgehead atoms. The minimum atomic E-state index is -0.390. The smallest absolute Gasteiger partial charge is 0.269 e. The number of nitro benzene ring substituents is 1. The van der Waals surface area contributed by atoms with Gasteiger partial charge in [-0.15, -0.1) is 10.2 Å². The topological polar surface area (TPSA) is 73.8 Å². The molecule has 0 spiro atoms. The fraction of sp³-hybridized carbons (Fsp3) is 0.0476. The van der Waals surface area contributed by atoms with Crippen molar-refractivity contribution in [3.05, 3.63) is 99.6 Å². The van der Waals surface area contributed by atoms with E-state index in [1.807, 2.05) is 65.2 Å². The first kappa shape index (κ1) is 19.2. The molecule has 0 fully saturated rings. The van der Waals surface area contributed by atoms with Crippen LogP contribution in [0.4, 0.5) is 5.69 Å². The van der Waals surface area contributed by atoms with Crippen molar-refractivity contribution in [3.63, 3.8) is 0 Å². The molecule has 0 amide bonds. The van der Waals surface area contributed by atoms with Crippen LogP contribution in [0.15, 0.2) is 84.0 Å². The van der Waals surface area contributed by atoms with Crippen LogP contribution in [0.1, 0.15) is 5.56 Å². The molecular formula is C21H15ClN4O2S. The molecule has 8 heteroatoms. The number of non-ortho nitro benzene ring substituents is 1. The lowest BCUT2D eigenvalue weighted by molar-refractivity contribution is -0.384. The van der Waals surface area contributed by atoms with Crippen molar-refractivity contribution in [1.29, 1.82) is 0 Å². The first-order valence-electron chi connectivity index (χ1n) is 8.75. The SMILES string of the molecule is O=[N+]([O-])c1cccc(CSc2nnc(-c3ccc(Cl)cc3)n2-c2ccccc2)c1. The molecule has 0 aliphatic carbocycles. The van der Waals surface area contributed by atoms with Crippen LogP contribution in [-0.4, -0.2) is 19.7 Å². The van der Waals surface area contributed by atoms with E-state index in [0.717, 1.165) is 16.8 Å². The predicted molar refractivity (Wildman–Crippen MR) is 114 cm³/mol. The van der Waals surface area contributed by atoms with Crippen LogP contribution in [0, 0.1) is 10.1 Å². The molecule has 0 saturated heterocycles. The Morgan fingerprint density at radius 1 is 0.966 bits per heavy atom. The van der Waals surface area contributed by atoms with Crippen molar-refractivity contribution in [2.75, 3.05) is 0 Å². The van der Waals surface area contributed by atoms with Gasteiger partial charge in [0.05, 0.1) is 4.92 Å². The number of aromatic nitrogens is 3. The van der Waals surface area contributed by atoms with Gasteiger partial charge in [0.25, 0.3) is 5.69 Å². The van der Waals surface area contributed by atoms with Gasteiger partial charge in [0.1, 0.15) is 0 Å². The maximum Gasteiger partial charge on any atom is 0.269 e. The van der Waals surface area contributed by atoms with Gasteiger partial charge in [-0.2, -0.15) is 0 Å². The van der Waals surface area contributed by atoms with Gasteiger partial charge in [-0.25, -0.2) is 0 Å². The van der Waals surface area contributed by atoms with Crippen molar-refractivity contribution in [2.45, 2.75) is 10.9 Å². The summed E-state index contributed by atoms with van der Waals surface area (Å²) in [5.41, 5.74) is 2.76. The fourth-order valence-corrected chi connectivity index (χ4v) is 3.89. The van der Waals surface area contributed by atoms with Gasteiger partial charge in [0.2, 0.25) is 0 Å². The average molecular weight is 423 g/mol. The maximum absolute atomic E-state index is 11.0. The third kappa shape index (κ3) is 4.31. The second-order valence-corrected chi connectivity index (χ2v) is 7.58. The van der Waals surface area contributed by atoms with E-state index >= 15 is 0 Å². The number of thioether (sulfide) groups is 1. The molecule has 0 radical (unpaired) electrons. The average Bonchev–Trinajstić information content (AvgIpc) is 3.17. The van der Waals surface area contributed by atoms with Crippen molar-refractivity contribution < 1.29 is 4.92 Å². The molecule has 1 aromatic heterocycles. The van der Waals surface area contributed by atoms with Gasteiger partial charge in [-0.1, -0.05) is 53.7 Å². The Balaban J connectivity index is 1.69. The number of rotatable bonds is 6. The first-order chi connectivity index (χ1) is 14.1. The van der Waals surface area contributed by atoms with Crippen LogP contribution in [0.25, 0.3) is 17.1 Å². The molecule has 4 aromatic rings. The molecule has 0 saturated carbocycles. The highest BCUT2D eigenvalue weighted by molar-refractivity contribution is 7.98. The van der Waals surface area contributed by atoms with Crippen molar-refractivity contribution >= 4 is 29.1 Å². The number of nitro groups is 1. The summed E-state index contributed by atoms with van der Waals surface area (Å²) in [7, 11) is 0. The van der Waals surface area contributed by atoms with Crippen LogP contribution in [0.2, 0.25) is 5.02 Å². The Morgan fingerprint density at radius 2 is 1.72 bits per heavy atom. The van der Waals surface area contributed by atoms with Gasteiger partial charge in [0.15, 0.2) is 11.0 Å². The zero-order valence-electron chi connectivity index (χ0n) is 15.1. The van der Waals surface area contributed by atoms with E-state index in [-0.39, 0.29) is 10.6 Å². The van der Waals surface area contributed by atoms with E-state index in [0.29, 0.717) is 21.8 Å². The normalized spacial score (nSPS) is 10.8. The monoisotopic (exact) mass is 422 g/mol. The Morgan fingerprint density at radius 3 is 2.45 bits per heavy atom. The summed E-state index contributed by atoms with van der Waals surface area (Å²) >= 11 is 7.49. The minimum Gasteiger partial charge on any atom is -0.270 e. The Labute approximate surface area is 176 Å². The molecule has 29 heavy (non-hydrogen) atoms. The van der Waals surface area contributed by atoms with Crippen LogP contribution in [-0.2, 0) is 5.75 Å². The standard InChI is InChI=1S/C21H15ClN4O2S/c22-17-11-9-16(10-12-17)20-23-24-21(25(20)18-6-2-1-3-7-18)29-14-15-5-4-8-19(13-15)26(27)28/h1-13H,14H2. The summed E-state index contributed by atoms with van der Waals surface area (Å²) < 4.78 is 1.98. The third-order valence-electron chi connectivity index (χ3n) is 4.24. The molecule has 4 rings (SSSR count). The van der Waals surface area contributed by atoms with Crippen LogP contribution >= 0.6 is 23.4 Å². The molecule has 3 aromatic carbocycles. The zero-order valence-corrected chi connectivity index (χ0v) is 16.7. The lowest BCUT2D eigenvalue weighted by Gasteiger charge is -2.10. The molecule has 6 nitrogen and oxygen atoms in total. The van der Waals surface area contributed by atoms with Gasteiger partial charge in [0, 0.05) is 34.2 Å². The molecular weight excluding hydrogens is 408 g/mol. The molecule has 0 unspecified atom stereocenters. The molecule has 0 aliphatic rings. The number of hydrogen-bond acceptors (Lipinski definition) is 5. The zero-order chi connectivity index (χ0) is 20.2. The van der Waals surface area contributed by atoms with E-state index in [1.165, 1.54) is 17.8 Å². The molecule has 144 valence electrons. The second kappa shape index (κ2) is 8.46. The summed E-state index contributed by atoms with van der Waals surface area (Å²) in [5, 5.41) is 21.1. The summed E-state index contributed by atoms with van der Waals surface area (Å²) in [4.78, 5) is 10.6. The number of nitrogens with zero attached hydrogens (tertiary/aromatic N) is 4. The van der Waals surface area contributed by atoms with Crippen molar-refractivity contribution in [2.24, 2.45) is 0 Å². The molecule has 0 atom stereocenters. The van der Waals surface area contributed by atoms with Crippen LogP contribution < -0.4 is 0 Å². The van der Waals surface area contributed by atoms with Gasteiger partial charge in [-0.05, 0) is 42.0 Å².